The van der Waals surface area contributed by atoms with Crippen molar-refractivity contribution in [2.24, 2.45) is 0 Å². The van der Waals surface area contributed by atoms with Crippen LogP contribution in [-0.2, 0) is 26.0 Å². The van der Waals surface area contributed by atoms with Crippen LogP contribution in [-0.4, -0.2) is 49.2 Å². The van der Waals surface area contributed by atoms with E-state index in [0.29, 0.717) is 42.6 Å². The standard InChI is InChI=1S/C19H23ClN4O4S2/c1-3-23(4-2)30(27,28)16-10-13(7-8-15(16)20)21-17(25)11-14-12-29-19(22-14)24-9-5-6-18(24)26/h7-8,10,12H,3-6,9,11H2,1-2H3,(H,21,25). The van der Waals surface area contributed by atoms with Crippen LogP contribution in [0.15, 0.2) is 28.5 Å². The molecule has 1 aliphatic rings. The maximum atomic E-state index is 12.8. The first-order chi connectivity index (χ1) is 14.3. The first kappa shape index (κ1) is 22.7. The van der Waals surface area contributed by atoms with E-state index in [9.17, 15) is 18.0 Å². The number of nitrogens with one attached hydrogen (secondary N) is 1. The fraction of sp³-hybridized carbons (Fsp3) is 0.421. The van der Waals surface area contributed by atoms with Crippen molar-refractivity contribution in [1.29, 1.82) is 0 Å². The number of carbonyl (C=O) groups excluding carboxylic acids is 2. The highest BCUT2D eigenvalue weighted by atomic mass is 35.5. The molecule has 3 rings (SSSR count). The number of halogens is 1. The molecule has 0 aliphatic carbocycles. The van der Waals surface area contributed by atoms with Gasteiger partial charge in [0.1, 0.15) is 4.90 Å². The minimum atomic E-state index is -3.76. The van der Waals surface area contributed by atoms with Gasteiger partial charge in [-0.1, -0.05) is 25.4 Å². The summed E-state index contributed by atoms with van der Waals surface area (Å²) < 4.78 is 26.9. The molecule has 1 aromatic carbocycles. The molecule has 1 N–H and O–H groups in total. The van der Waals surface area contributed by atoms with Crippen LogP contribution in [0.1, 0.15) is 32.4 Å². The molecular weight excluding hydrogens is 448 g/mol. The molecular formula is C19H23ClN4O4S2. The molecule has 2 aromatic rings. The predicted octanol–water partition coefficient (Wildman–Crippen LogP) is 3.14. The Morgan fingerprint density at radius 2 is 2.07 bits per heavy atom. The van der Waals surface area contributed by atoms with Gasteiger partial charge in [0.25, 0.3) is 0 Å². The van der Waals surface area contributed by atoms with Crippen molar-refractivity contribution in [1.82, 2.24) is 9.29 Å². The van der Waals surface area contributed by atoms with Crippen LogP contribution in [0.3, 0.4) is 0 Å². The zero-order valence-corrected chi connectivity index (χ0v) is 19.1. The molecule has 2 amide bonds. The average Bonchev–Trinajstić information content (AvgIpc) is 3.32. The number of carbonyl (C=O) groups is 2. The molecule has 0 unspecified atom stereocenters. The van der Waals surface area contributed by atoms with Crippen molar-refractivity contribution >= 4 is 55.6 Å². The summed E-state index contributed by atoms with van der Waals surface area (Å²) in [5, 5.41) is 5.14. The molecule has 0 spiro atoms. The highest BCUT2D eigenvalue weighted by Gasteiger charge is 2.26. The van der Waals surface area contributed by atoms with Crippen molar-refractivity contribution in [2.75, 3.05) is 29.9 Å². The van der Waals surface area contributed by atoms with Crippen LogP contribution >= 0.6 is 22.9 Å². The number of nitrogens with zero attached hydrogens (tertiary/aromatic N) is 3. The SMILES string of the molecule is CCN(CC)S(=O)(=O)c1cc(NC(=O)Cc2csc(N3CCCC3=O)n2)ccc1Cl. The van der Waals surface area contributed by atoms with Crippen LogP contribution in [0.25, 0.3) is 0 Å². The second-order valence-electron chi connectivity index (χ2n) is 6.73. The van der Waals surface area contributed by atoms with Gasteiger partial charge >= 0.3 is 0 Å². The molecule has 0 bridgehead atoms. The number of anilines is 2. The molecule has 11 heteroatoms. The fourth-order valence-corrected chi connectivity index (χ4v) is 6.03. The Balaban J connectivity index is 1.72. The van der Waals surface area contributed by atoms with Gasteiger partial charge in [0.05, 0.1) is 17.1 Å². The Kier molecular flexibility index (Phi) is 7.12. The quantitative estimate of drug-likeness (QED) is 0.638. The summed E-state index contributed by atoms with van der Waals surface area (Å²) in [5.74, 6) is -0.295. The monoisotopic (exact) mass is 470 g/mol. The van der Waals surface area contributed by atoms with E-state index in [1.54, 1.807) is 30.2 Å². The molecule has 1 saturated heterocycles. The molecule has 30 heavy (non-hydrogen) atoms. The average molecular weight is 471 g/mol. The lowest BCUT2D eigenvalue weighted by atomic mass is 10.3. The van der Waals surface area contributed by atoms with Gasteiger partial charge in [-0.2, -0.15) is 4.31 Å². The van der Waals surface area contributed by atoms with Gasteiger partial charge < -0.3 is 5.32 Å². The number of benzene rings is 1. The van der Waals surface area contributed by atoms with Crippen molar-refractivity contribution < 1.29 is 18.0 Å². The van der Waals surface area contributed by atoms with Crippen LogP contribution in [0.5, 0.6) is 0 Å². The van der Waals surface area contributed by atoms with Gasteiger partial charge in [-0.05, 0) is 24.6 Å². The number of amides is 2. The van der Waals surface area contributed by atoms with Crippen molar-refractivity contribution in [3.8, 4) is 0 Å². The van der Waals surface area contributed by atoms with Crippen molar-refractivity contribution in [3.63, 3.8) is 0 Å². The van der Waals surface area contributed by atoms with Crippen LogP contribution in [0.2, 0.25) is 5.02 Å². The lowest BCUT2D eigenvalue weighted by Gasteiger charge is -2.19. The summed E-state index contributed by atoms with van der Waals surface area (Å²) in [4.78, 5) is 30.2. The third kappa shape index (κ3) is 4.83. The molecule has 1 aliphatic heterocycles. The summed E-state index contributed by atoms with van der Waals surface area (Å²) in [6.45, 7) is 4.78. The molecule has 0 saturated carbocycles. The first-order valence-electron chi connectivity index (χ1n) is 9.60. The smallest absolute Gasteiger partial charge is 0.244 e. The molecule has 0 radical (unpaired) electrons. The lowest BCUT2D eigenvalue weighted by molar-refractivity contribution is -0.117. The lowest BCUT2D eigenvalue weighted by Crippen LogP contribution is -2.31. The predicted molar refractivity (Wildman–Crippen MR) is 118 cm³/mol. The molecule has 162 valence electrons. The van der Waals surface area contributed by atoms with Crippen LogP contribution in [0, 0.1) is 0 Å². The summed E-state index contributed by atoms with van der Waals surface area (Å²) in [6.07, 6.45) is 1.34. The Hall–Kier alpha value is -2.01. The largest absolute Gasteiger partial charge is 0.326 e. The number of hydrogen-bond donors (Lipinski definition) is 1. The minimum Gasteiger partial charge on any atom is -0.326 e. The Morgan fingerprint density at radius 3 is 2.70 bits per heavy atom. The van der Waals surface area contributed by atoms with E-state index in [2.05, 4.69) is 10.3 Å². The normalized spacial score (nSPS) is 14.5. The highest BCUT2D eigenvalue weighted by Crippen LogP contribution is 2.28. The van der Waals surface area contributed by atoms with E-state index in [-0.39, 0.29) is 28.2 Å². The zero-order valence-electron chi connectivity index (χ0n) is 16.7. The zero-order chi connectivity index (χ0) is 21.9. The molecule has 0 atom stereocenters. The molecule has 2 heterocycles. The molecule has 8 nitrogen and oxygen atoms in total. The third-order valence-corrected chi connectivity index (χ3v) is 8.17. The van der Waals surface area contributed by atoms with E-state index in [1.165, 1.54) is 27.8 Å². The summed E-state index contributed by atoms with van der Waals surface area (Å²) in [7, 11) is -3.76. The maximum Gasteiger partial charge on any atom is 0.244 e. The van der Waals surface area contributed by atoms with Gasteiger partial charge in [-0.25, -0.2) is 13.4 Å². The summed E-state index contributed by atoms with van der Waals surface area (Å²) >= 11 is 7.45. The van der Waals surface area contributed by atoms with E-state index < -0.39 is 10.0 Å². The van der Waals surface area contributed by atoms with E-state index >= 15 is 0 Å². The number of sulfonamides is 1. The van der Waals surface area contributed by atoms with E-state index in [4.69, 9.17) is 11.6 Å². The van der Waals surface area contributed by atoms with Gasteiger partial charge in [-0.15, -0.1) is 11.3 Å². The Bertz CT molecular complexity index is 1050. The minimum absolute atomic E-state index is 0.0132. The number of thiazole rings is 1. The molecule has 1 fully saturated rings. The second-order valence-corrected chi connectivity index (χ2v) is 9.88. The second kappa shape index (κ2) is 9.42. The Labute approximate surface area is 184 Å². The van der Waals surface area contributed by atoms with Crippen LogP contribution in [0.4, 0.5) is 10.8 Å². The number of rotatable bonds is 8. The topological polar surface area (TPSA) is 99.7 Å². The molecule has 1 aromatic heterocycles. The summed E-state index contributed by atoms with van der Waals surface area (Å²) in [6, 6.07) is 4.37. The highest BCUT2D eigenvalue weighted by molar-refractivity contribution is 7.89. The van der Waals surface area contributed by atoms with E-state index in [0.717, 1.165) is 6.42 Å². The number of hydrogen-bond acceptors (Lipinski definition) is 6. The fourth-order valence-electron chi connectivity index (χ4n) is 3.20. The van der Waals surface area contributed by atoms with Crippen LogP contribution < -0.4 is 10.2 Å². The van der Waals surface area contributed by atoms with E-state index in [1.807, 2.05) is 0 Å². The summed E-state index contributed by atoms with van der Waals surface area (Å²) in [5.41, 5.74) is 0.887. The maximum absolute atomic E-state index is 12.8. The van der Waals surface area contributed by atoms with Gasteiger partial charge in [0.2, 0.25) is 21.8 Å². The number of aromatic nitrogens is 1. The van der Waals surface area contributed by atoms with Gasteiger partial charge in [0.15, 0.2) is 5.13 Å². The van der Waals surface area contributed by atoms with Crippen molar-refractivity contribution in [2.45, 2.75) is 38.0 Å². The van der Waals surface area contributed by atoms with Gasteiger partial charge in [-0.3, -0.25) is 14.5 Å². The Morgan fingerprint density at radius 1 is 1.33 bits per heavy atom. The first-order valence-corrected chi connectivity index (χ1v) is 12.3. The van der Waals surface area contributed by atoms with Gasteiger partial charge in [0, 0.05) is 37.1 Å². The third-order valence-electron chi connectivity index (χ3n) is 4.72. The van der Waals surface area contributed by atoms with Crippen molar-refractivity contribution in [3.05, 3.63) is 34.3 Å².